The first-order valence-electron chi connectivity index (χ1n) is 6.84. The molecule has 1 fully saturated rings. The minimum absolute atomic E-state index is 0.246. The topological polar surface area (TPSA) is 24.5 Å². The molecule has 0 aromatic heterocycles. The summed E-state index contributed by atoms with van der Waals surface area (Å²) in [7, 11) is 0. The molecule has 2 heterocycles. The molecule has 1 aromatic rings. The van der Waals surface area contributed by atoms with E-state index in [1.165, 1.54) is 5.56 Å². The largest absolute Gasteiger partial charge is 0.493 e. The van der Waals surface area contributed by atoms with E-state index in [0.29, 0.717) is 5.92 Å². The van der Waals surface area contributed by atoms with Gasteiger partial charge in [-0.25, -0.2) is 0 Å². The summed E-state index contributed by atoms with van der Waals surface area (Å²) >= 11 is 0. The van der Waals surface area contributed by atoms with Crippen LogP contribution in [0.4, 0.5) is 0 Å². The second-order valence-corrected chi connectivity index (χ2v) is 5.98. The van der Waals surface area contributed by atoms with Crippen molar-refractivity contribution in [1.82, 2.24) is 10.2 Å². The van der Waals surface area contributed by atoms with Crippen LogP contribution in [0.5, 0.6) is 5.75 Å². The third kappa shape index (κ3) is 2.13. The fraction of sp³-hybridized carbons (Fsp3) is 0.600. The molecule has 98 valence electrons. The van der Waals surface area contributed by atoms with Gasteiger partial charge in [0, 0.05) is 43.2 Å². The molecule has 1 aromatic carbocycles. The van der Waals surface area contributed by atoms with Crippen LogP contribution in [0.25, 0.3) is 0 Å². The Hall–Kier alpha value is -1.06. The van der Waals surface area contributed by atoms with Crippen LogP contribution in [0.15, 0.2) is 24.3 Å². The SMILES string of the molecule is CC1(C)CNCCN1CC1COc2ccccc21. The summed E-state index contributed by atoms with van der Waals surface area (Å²) in [6, 6.07) is 8.46. The van der Waals surface area contributed by atoms with Crippen LogP contribution in [-0.4, -0.2) is 43.2 Å². The van der Waals surface area contributed by atoms with E-state index in [1.807, 2.05) is 0 Å². The lowest BCUT2D eigenvalue weighted by molar-refractivity contribution is 0.0803. The molecule has 1 unspecified atom stereocenters. The maximum atomic E-state index is 5.78. The van der Waals surface area contributed by atoms with Crippen LogP contribution in [0.1, 0.15) is 25.3 Å². The van der Waals surface area contributed by atoms with E-state index in [9.17, 15) is 0 Å². The van der Waals surface area contributed by atoms with Crippen molar-refractivity contribution in [2.75, 3.05) is 32.8 Å². The Bertz CT molecular complexity index is 430. The first-order chi connectivity index (χ1) is 8.67. The highest BCUT2D eigenvalue weighted by Gasteiger charge is 2.33. The van der Waals surface area contributed by atoms with Crippen LogP contribution in [0.2, 0.25) is 0 Å². The number of rotatable bonds is 2. The van der Waals surface area contributed by atoms with Gasteiger partial charge in [-0.05, 0) is 19.9 Å². The lowest BCUT2D eigenvalue weighted by Gasteiger charge is -2.43. The predicted molar refractivity (Wildman–Crippen MR) is 73.2 cm³/mol. The van der Waals surface area contributed by atoms with Gasteiger partial charge in [0.05, 0.1) is 6.61 Å². The Labute approximate surface area is 109 Å². The molecule has 0 amide bonds. The molecular formula is C15H22N2O. The van der Waals surface area contributed by atoms with Crippen LogP contribution >= 0.6 is 0 Å². The summed E-state index contributed by atoms with van der Waals surface area (Å²) in [5.41, 5.74) is 1.63. The summed E-state index contributed by atoms with van der Waals surface area (Å²) in [4.78, 5) is 2.60. The Morgan fingerprint density at radius 2 is 2.22 bits per heavy atom. The number of benzene rings is 1. The van der Waals surface area contributed by atoms with E-state index in [0.717, 1.165) is 38.5 Å². The van der Waals surface area contributed by atoms with Crippen molar-refractivity contribution >= 4 is 0 Å². The molecule has 0 aliphatic carbocycles. The summed E-state index contributed by atoms with van der Waals surface area (Å²) in [5.74, 6) is 1.61. The Morgan fingerprint density at radius 1 is 1.39 bits per heavy atom. The van der Waals surface area contributed by atoms with E-state index in [1.54, 1.807) is 0 Å². The number of nitrogens with zero attached hydrogens (tertiary/aromatic N) is 1. The fourth-order valence-corrected chi connectivity index (χ4v) is 3.01. The third-order valence-electron chi connectivity index (χ3n) is 4.21. The molecule has 3 nitrogen and oxygen atoms in total. The standard InChI is InChI=1S/C15H22N2O/c1-15(2)11-16-7-8-17(15)9-12-10-18-14-6-4-3-5-13(12)14/h3-6,12,16H,7-11H2,1-2H3. The summed E-state index contributed by atoms with van der Waals surface area (Å²) < 4.78 is 5.78. The summed E-state index contributed by atoms with van der Waals surface area (Å²) in [5, 5.41) is 3.48. The number of nitrogens with one attached hydrogen (secondary N) is 1. The molecule has 0 spiro atoms. The van der Waals surface area contributed by atoms with Gasteiger partial charge in [0.1, 0.15) is 5.75 Å². The Morgan fingerprint density at radius 3 is 3.06 bits per heavy atom. The molecule has 1 saturated heterocycles. The summed E-state index contributed by atoms with van der Waals surface area (Å²) in [6.45, 7) is 9.87. The predicted octanol–water partition coefficient (Wildman–Crippen LogP) is 1.85. The smallest absolute Gasteiger partial charge is 0.122 e. The zero-order valence-electron chi connectivity index (χ0n) is 11.3. The van der Waals surface area contributed by atoms with Gasteiger partial charge >= 0.3 is 0 Å². The molecule has 1 N–H and O–H groups in total. The molecule has 1 atom stereocenters. The minimum Gasteiger partial charge on any atom is -0.493 e. The van der Waals surface area contributed by atoms with Gasteiger partial charge in [0.2, 0.25) is 0 Å². The van der Waals surface area contributed by atoms with Crippen molar-refractivity contribution in [2.24, 2.45) is 0 Å². The number of hydrogen-bond donors (Lipinski definition) is 1. The highest BCUT2D eigenvalue weighted by molar-refractivity contribution is 5.39. The highest BCUT2D eigenvalue weighted by Crippen LogP contribution is 2.35. The van der Waals surface area contributed by atoms with Crippen LogP contribution in [-0.2, 0) is 0 Å². The van der Waals surface area contributed by atoms with Crippen LogP contribution in [0.3, 0.4) is 0 Å². The molecule has 2 aliphatic heterocycles. The van der Waals surface area contributed by atoms with Crippen molar-refractivity contribution in [3.8, 4) is 5.75 Å². The van der Waals surface area contributed by atoms with E-state index in [2.05, 4.69) is 48.3 Å². The molecule has 18 heavy (non-hydrogen) atoms. The van der Waals surface area contributed by atoms with E-state index in [4.69, 9.17) is 4.74 Å². The van der Waals surface area contributed by atoms with Crippen molar-refractivity contribution in [2.45, 2.75) is 25.3 Å². The zero-order valence-corrected chi connectivity index (χ0v) is 11.3. The van der Waals surface area contributed by atoms with Gasteiger partial charge in [0.25, 0.3) is 0 Å². The fourth-order valence-electron chi connectivity index (χ4n) is 3.01. The maximum absolute atomic E-state index is 5.78. The van der Waals surface area contributed by atoms with E-state index >= 15 is 0 Å². The third-order valence-corrected chi connectivity index (χ3v) is 4.21. The van der Waals surface area contributed by atoms with Gasteiger partial charge in [-0.3, -0.25) is 4.90 Å². The second-order valence-electron chi connectivity index (χ2n) is 5.98. The normalized spacial score (nSPS) is 26.7. The van der Waals surface area contributed by atoms with E-state index < -0.39 is 0 Å². The molecular weight excluding hydrogens is 224 g/mol. The highest BCUT2D eigenvalue weighted by atomic mass is 16.5. The monoisotopic (exact) mass is 246 g/mol. The average Bonchev–Trinajstić information content (AvgIpc) is 2.75. The first-order valence-corrected chi connectivity index (χ1v) is 6.84. The molecule has 0 radical (unpaired) electrons. The van der Waals surface area contributed by atoms with Gasteiger partial charge in [-0.1, -0.05) is 18.2 Å². The minimum atomic E-state index is 0.246. The number of hydrogen-bond acceptors (Lipinski definition) is 3. The lowest BCUT2D eigenvalue weighted by Crippen LogP contribution is -2.58. The Balaban J connectivity index is 1.74. The number of fused-ring (bicyclic) bond motifs is 1. The zero-order chi connectivity index (χ0) is 12.6. The average molecular weight is 246 g/mol. The molecule has 0 bridgehead atoms. The molecule has 3 heteroatoms. The van der Waals surface area contributed by atoms with Gasteiger partial charge < -0.3 is 10.1 Å². The molecule has 2 aliphatic rings. The van der Waals surface area contributed by atoms with Gasteiger partial charge in [-0.15, -0.1) is 0 Å². The molecule has 0 saturated carbocycles. The van der Waals surface area contributed by atoms with Crippen molar-refractivity contribution in [1.29, 1.82) is 0 Å². The van der Waals surface area contributed by atoms with Crippen molar-refractivity contribution < 1.29 is 4.74 Å². The number of para-hydroxylation sites is 1. The number of ether oxygens (including phenoxy) is 1. The van der Waals surface area contributed by atoms with Gasteiger partial charge in [-0.2, -0.15) is 0 Å². The van der Waals surface area contributed by atoms with Crippen LogP contribution < -0.4 is 10.1 Å². The van der Waals surface area contributed by atoms with Gasteiger partial charge in [0.15, 0.2) is 0 Å². The number of piperazine rings is 1. The first kappa shape index (κ1) is 12.0. The van der Waals surface area contributed by atoms with E-state index in [-0.39, 0.29) is 5.54 Å². The quantitative estimate of drug-likeness (QED) is 0.862. The van der Waals surface area contributed by atoms with Crippen molar-refractivity contribution in [3.63, 3.8) is 0 Å². The lowest BCUT2D eigenvalue weighted by atomic mass is 9.95. The van der Waals surface area contributed by atoms with Crippen LogP contribution in [0, 0.1) is 0 Å². The van der Waals surface area contributed by atoms with Crippen molar-refractivity contribution in [3.05, 3.63) is 29.8 Å². The summed E-state index contributed by atoms with van der Waals surface area (Å²) in [6.07, 6.45) is 0. The second kappa shape index (κ2) is 4.56. The maximum Gasteiger partial charge on any atom is 0.122 e. The molecule has 3 rings (SSSR count). The Kier molecular flexibility index (Phi) is 3.04.